The second-order valence-electron chi connectivity index (χ2n) is 3.93. The minimum Gasteiger partial charge on any atom is -0.210 e. The number of aryl methyl sites for hydroxylation is 1. The van der Waals surface area contributed by atoms with E-state index in [1.54, 1.807) is 23.9 Å². The molecule has 1 rings (SSSR count). The summed E-state index contributed by atoms with van der Waals surface area (Å²) in [5.74, 6) is 0. The molecule has 1 aromatic carbocycles. The number of halogens is 2. The van der Waals surface area contributed by atoms with E-state index in [1.807, 2.05) is 20.1 Å². The van der Waals surface area contributed by atoms with E-state index in [9.17, 15) is 8.42 Å². The maximum absolute atomic E-state index is 12.2. The molecule has 0 aliphatic heterocycles. The van der Waals surface area contributed by atoms with Crippen LogP contribution in [0.2, 0.25) is 0 Å². The van der Waals surface area contributed by atoms with E-state index in [4.69, 9.17) is 0 Å². The van der Waals surface area contributed by atoms with Crippen molar-refractivity contribution in [3.05, 3.63) is 26.6 Å². The van der Waals surface area contributed by atoms with Crippen LogP contribution in [-0.4, -0.2) is 26.5 Å². The Kier molecular flexibility index (Phi) is 6.18. The molecule has 1 atom stereocenters. The van der Waals surface area contributed by atoms with E-state index in [1.165, 1.54) is 0 Å². The summed E-state index contributed by atoms with van der Waals surface area (Å²) in [6.45, 7) is 4.31. The van der Waals surface area contributed by atoms with Crippen molar-refractivity contribution in [3.63, 3.8) is 0 Å². The predicted molar refractivity (Wildman–Crippen MR) is 84.7 cm³/mol. The zero-order valence-corrected chi connectivity index (χ0v) is 15.1. The summed E-state index contributed by atoms with van der Waals surface area (Å²) in [6, 6.07) is 3.40. The zero-order valence-electron chi connectivity index (χ0n) is 10.3. The zero-order chi connectivity index (χ0) is 13.9. The first-order valence-corrected chi connectivity index (χ1v) is 9.61. The lowest BCUT2D eigenvalue weighted by atomic mass is 10.2. The Morgan fingerprint density at radius 2 is 1.94 bits per heavy atom. The number of thioether (sulfide) groups is 1. The normalized spacial score (nSPS) is 13.6. The largest absolute Gasteiger partial charge is 0.241 e. The maximum atomic E-state index is 12.2. The van der Waals surface area contributed by atoms with Gasteiger partial charge in [0.25, 0.3) is 0 Å². The molecule has 0 radical (unpaired) electrons. The monoisotopic (exact) mass is 415 g/mol. The summed E-state index contributed by atoms with van der Waals surface area (Å²) in [6.07, 6.45) is 1.96. The number of sulfonamides is 1. The molecule has 0 spiro atoms. The molecule has 7 heteroatoms. The van der Waals surface area contributed by atoms with Crippen molar-refractivity contribution in [2.75, 3.05) is 12.8 Å². The van der Waals surface area contributed by atoms with Gasteiger partial charge in [0.05, 0.1) is 4.90 Å². The van der Waals surface area contributed by atoms with Gasteiger partial charge in [-0.15, -0.1) is 0 Å². The summed E-state index contributed by atoms with van der Waals surface area (Å²) in [5.41, 5.74) is 0.985. The third-order valence-corrected chi connectivity index (χ3v) is 6.67. The quantitative estimate of drug-likeness (QED) is 0.798. The van der Waals surface area contributed by atoms with Crippen LogP contribution in [0.15, 0.2) is 26.0 Å². The van der Waals surface area contributed by atoms with Gasteiger partial charge >= 0.3 is 0 Å². The Bertz CT molecular complexity index is 532. The highest BCUT2D eigenvalue weighted by molar-refractivity contribution is 9.11. The van der Waals surface area contributed by atoms with Crippen molar-refractivity contribution in [1.29, 1.82) is 0 Å². The molecule has 0 fully saturated rings. The molecule has 102 valence electrons. The molecule has 0 saturated heterocycles. The highest BCUT2D eigenvalue weighted by Gasteiger charge is 2.19. The van der Waals surface area contributed by atoms with Gasteiger partial charge in [0.2, 0.25) is 10.0 Å². The van der Waals surface area contributed by atoms with Gasteiger partial charge in [0.15, 0.2) is 0 Å². The lowest BCUT2D eigenvalue weighted by Crippen LogP contribution is -2.29. The molecule has 0 amide bonds. The topological polar surface area (TPSA) is 46.2 Å². The van der Waals surface area contributed by atoms with Crippen LogP contribution in [0.5, 0.6) is 0 Å². The summed E-state index contributed by atoms with van der Waals surface area (Å²) < 4.78 is 28.3. The summed E-state index contributed by atoms with van der Waals surface area (Å²) in [4.78, 5) is 0.258. The van der Waals surface area contributed by atoms with E-state index in [0.29, 0.717) is 11.0 Å². The van der Waals surface area contributed by atoms with Crippen LogP contribution in [0, 0.1) is 6.92 Å². The van der Waals surface area contributed by atoms with Crippen LogP contribution in [-0.2, 0) is 10.0 Å². The molecule has 0 heterocycles. The Labute approximate surface area is 129 Å². The molecule has 0 aliphatic rings. The third-order valence-electron chi connectivity index (χ3n) is 2.47. The average molecular weight is 417 g/mol. The van der Waals surface area contributed by atoms with E-state index < -0.39 is 10.0 Å². The number of benzene rings is 1. The Balaban J connectivity index is 3.02. The molecule has 1 N–H and O–H groups in total. The van der Waals surface area contributed by atoms with Crippen LogP contribution in [0.4, 0.5) is 0 Å². The fourth-order valence-corrected chi connectivity index (χ4v) is 4.38. The second-order valence-corrected chi connectivity index (χ2v) is 8.65. The van der Waals surface area contributed by atoms with Crippen molar-refractivity contribution in [3.8, 4) is 0 Å². The molecule has 0 aliphatic carbocycles. The van der Waals surface area contributed by atoms with E-state index in [2.05, 4.69) is 36.6 Å². The smallest absolute Gasteiger partial charge is 0.210 e. The van der Waals surface area contributed by atoms with Crippen molar-refractivity contribution in [2.45, 2.75) is 24.0 Å². The van der Waals surface area contributed by atoms with E-state index in [-0.39, 0.29) is 10.1 Å². The lowest BCUT2D eigenvalue weighted by Gasteiger charge is -2.12. The van der Waals surface area contributed by atoms with E-state index >= 15 is 0 Å². The van der Waals surface area contributed by atoms with Gasteiger partial charge in [0, 0.05) is 20.7 Å². The fourth-order valence-electron chi connectivity index (χ4n) is 1.22. The summed E-state index contributed by atoms with van der Waals surface area (Å²) in [5, 5.41) is 0.243. The van der Waals surface area contributed by atoms with Crippen molar-refractivity contribution < 1.29 is 8.42 Å². The van der Waals surface area contributed by atoms with Crippen molar-refractivity contribution >= 4 is 53.6 Å². The van der Waals surface area contributed by atoms with Crippen LogP contribution >= 0.6 is 43.6 Å². The molecule has 3 nitrogen and oxygen atoms in total. The van der Waals surface area contributed by atoms with Crippen molar-refractivity contribution in [2.24, 2.45) is 0 Å². The van der Waals surface area contributed by atoms with Gasteiger partial charge in [-0.2, -0.15) is 11.8 Å². The van der Waals surface area contributed by atoms with Crippen LogP contribution in [0.25, 0.3) is 0 Å². The lowest BCUT2D eigenvalue weighted by molar-refractivity contribution is 0.581. The number of nitrogens with one attached hydrogen (secondary N) is 1. The Hall–Kier alpha value is 0.440. The van der Waals surface area contributed by atoms with Gasteiger partial charge in [-0.25, -0.2) is 13.1 Å². The van der Waals surface area contributed by atoms with Crippen LogP contribution in [0.3, 0.4) is 0 Å². The molecule has 1 unspecified atom stereocenters. The number of hydrogen-bond donors (Lipinski definition) is 1. The fraction of sp³-hybridized carbons (Fsp3) is 0.455. The second kappa shape index (κ2) is 6.74. The highest BCUT2D eigenvalue weighted by atomic mass is 79.9. The predicted octanol–water partition coefficient (Wildman–Crippen LogP) is 3.55. The molecule has 0 bridgehead atoms. The standard InChI is InChI=1S/C11H15Br2NO2S2/c1-7-4-10(13)11(5-9(7)12)18(15,16)14-6-8(2)17-3/h4-5,8,14H,6H2,1-3H3. The Morgan fingerprint density at radius 1 is 1.33 bits per heavy atom. The van der Waals surface area contributed by atoms with Gasteiger partial charge in [0.1, 0.15) is 0 Å². The maximum Gasteiger partial charge on any atom is 0.241 e. The van der Waals surface area contributed by atoms with Gasteiger partial charge in [-0.1, -0.05) is 22.9 Å². The molecule has 0 aromatic heterocycles. The SMILES string of the molecule is CSC(C)CNS(=O)(=O)c1cc(Br)c(C)cc1Br. The highest BCUT2D eigenvalue weighted by Crippen LogP contribution is 2.28. The first kappa shape index (κ1) is 16.5. The molecule has 1 aromatic rings. The van der Waals surface area contributed by atoms with Crippen LogP contribution < -0.4 is 4.72 Å². The first-order valence-electron chi connectivity index (χ1n) is 5.26. The first-order chi connectivity index (χ1) is 8.27. The molecular formula is C11H15Br2NO2S2. The Morgan fingerprint density at radius 3 is 2.50 bits per heavy atom. The van der Waals surface area contributed by atoms with Gasteiger partial charge in [-0.05, 0) is 46.8 Å². The number of rotatable bonds is 5. The van der Waals surface area contributed by atoms with Gasteiger partial charge in [-0.3, -0.25) is 0 Å². The minimum atomic E-state index is -3.48. The average Bonchev–Trinajstić information content (AvgIpc) is 2.30. The van der Waals surface area contributed by atoms with Crippen LogP contribution in [0.1, 0.15) is 12.5 Å². The molecule has 18 heavy (non-hydrogen) atoms. The minimum absolute atomic E-state index is 0.243. The molecule has 0 saturated carbocycles. The van der Waals surface area contributed by atoms with E-state index in [0.717, 1.165) is 10.0 Å². The summed E-state index contributed by atoms with van der Waals surface area (Å²) >= 11 is 8.27. The molecular weight excluding hydrogens is 402 g/mol. The van der Waals surface area contributed by atoms with Gasteiger partial charge < -0.3 is 0 Å². The summed E-state index contributed by atoms with van der Waals surface area (Å²) in [7, 11) is -3.48. The third kappa shape index (κ3) is 4.23. The van der Waals surface area contributed by atoms with Crippen molar-refractivity contribution in [1.82, 2.24) is 4.72 Å². The number of hydrogen-bond acceptors (Lipinski definition) is 3.